The highest BCUT2D eigenvalue weighted by atomic mass is 16.5. The van der Waals surface area contributed by atoms with Crippen molar-refractivity contribution in [1.29, 1.82) is 0 Å². The van der Waals surface area contributed by atoms with Crippen LogP contribution in [-0.4, -0.2) is 21.4 Å². The van der Waals surface area contributed by atoms with Gasteiger partial charge in [0.15, 0.2) is 5.82 Å². The molecule has 0 atom stereocenters. The van der Waals surface area contributed by atoms with Crippen molar-refractivity contribution in [3.8, 4) is 11.6 Å². The summed E-state index contributed by atoms with van der Waals surface area (Å²) < 4.78 is 7.59. The molecule has 0 radical (unpaired) electrons. The van der Waals surface area contributed by atoms with Crippen LogP contribution in [0.25, 0.3) is 16.7 Å². The van der Waals surface area contributed by atoms with Crippen LogP contribution in [0.2, 0.25) is 0 Å². The minimum absolute atomic E-state index is 0.761. The fourth-order valence-corrected chi connectivity index (χ4v) is 2.19. The number of rotatable bonds is 4. The van der Waals surface area contributed by atoms with Crippen LogP contribution in [0.1, 0.15) is 12.8 Å². The third-order valence-corrected chi connectivity index (χ3v) is 3.55. The predicted molar refractivity (Wildman–Crippen MR) is 77.1 cm³/mol. The number of hydrogen-bond donors (Lipinski definition) is 0. The van der Waals surface area contributed by atoms with E-state index in [4.69, 9.17) is 4.74 Å². The van der Waals surface area contributed by atoms with Crippen molar-refractivity contribution in [2.45, 2.75) is 12.8 Å². The second kappa shape index (κ2) is 4.63. The van der Waals surface area contributed by atoms with E-state index in [1.165, 1.54) is 12.8 Å². The van der Waals surface area contributed by atoms with Crippen LogP contribution < -0.4 is 4.74 Å². The van der Waals surface area contributed by atoms with Crippen LogP contribution in [0.4, 0.5) is 0 Å². The summed E-state index contributed by atoms with van der Waals surface area (Å²) in [7, 11) is 0. The topological polar surface area (TPSA) is 39.9 Å². The van der Waals surface area contributed by atoms with Gasteiger partial charge in [-0.1, -0.05) is 6.07 Å². The predicted octanol–water partition coefficient (Wildman–Crippen LogP) is 3.21. The van der Waals surface area contributed by atoms with Gasteiger partial charge in [0.1, 0.15) is 5.75 Å². The zero-order chi connectivity index (χ0) is 13.4. The average molecular weight is 265 g/mol. The summed E-state index contributed by atoms with van der Waals surface area (Å²) in [5.74, 6) is 2.48. The Morgan fingerprint density at radius 1 is 1.20 bits per heavy atom. The fourth-order valence-electron chi connectivity index (χ4n) is 2.19. The van der Waals surface area contributed by atoms with Crippen molar-refractivity contribution in [1.82, 2.24) is 14.8 Å². The molecule has 1 aliphatic rings. The molecule has 3 aromatic rings. The third kappa shape index (κ3) is 2.25. The number of hydrogen-bond acceptors (Lipinski definition) is 3. The highest BCUT2D eigenvalue weighted by Crippen LogP contribution is 2.30. The first-order chi connectivity index (χ1) is 9.88. The molecule has 20 heavy (non-hydrogen) atoms. The third-order valence-electron chi connectivity index (χ3n) is 3.55. The molecule has 0 N–H and O–H groups in total. The summed E-state index contributed by atoms with van der Waals surface area (Å²) >= 11 is 0. The van der Waals surface area contributed by atoms with Crippen LogP contribution in [0.15, 0.2) is 48.8 Å². The Kier molecular flexibility index (Phi) is 2.66. The molecule has 0 bridgehead atoms. The lowest BCUT2D eigenvalue weighted by molar-refractivity contribution is 0.300. The molecule has 4 nitrogen and oxygen atoms in total. The van der Waals surface area contributed by atoms with Crippen molar-refractivity contribution in [3.63, 3.8) is 0 Å². The normalized spacial score (nSPS) is 14.6. The van der Waals surface area contributed by atoms with Gasteiger partial charge in [0, 0.05) is 23.8 Å². The number of nitrogens with zero attached hydrogens (tertiary/aromatic N) is 3. The number of ether oxygens (including phenoxy) is 1. The van der Waals surface area contributed by atoms with Crippen molar-refractivity contribution in [2.75, 3.05) is 6.61 Å². The zero-order valence-corrected chi connectivity index (χ0v) is 11.1. The maximum atomic E-state index is 5.79. The molecule has 4 rings (SSSR count). The smallest absolute Gasteiger partial charge is 0.153 e. The SMILES string of the molecule is c1ccc(-n2cc3ccc(OCC4CC4)cc3n2)nc1. The maximum absolute atomic E-state index is 5.79. The lowest BCUT2D eigenvalue weighted by Gasteiger charge is -2.03. The van der Waals surface area contributed by atoms with Crippen molar-refractivity contribution >= 4 is 10.9 Å². The zero-order valence-electron chi connectivity index (χ0n) is 11.1. The van der Waals surface area contributed by atoms with Gasteiger partial charge < -0.3 is 4.74 Å². The molecule has 1 aromatic carbocycles. The van der Waals surface area contributed by atoms with Crippen LogP contribution >= 0.6 is 0 Å². The Hall–Kier alpha value is -2.36. The fraction of sp³-hybridized carbons (Fsp3) is 0.250. The first-order valence-corrected chi connectivity index (χ1v) is 6.92. The summed E-state index contributed by atoms with van der Waals surface area (Å²) in [6.07, 6.45) is 6.36. The van der Waals surface area contributed by atoms with E-state index in [0.717, 1.165) is 35.0 Å². The largest absolute Gasteiger partial charge is 0.493 e. The first kappa shape index (κ1) is 11.5. The Bertz CT molecular complexity index is 732. The molecule has 1 aliphatic carbocycles. The van der Waals surface area contributed by atoms with Gasteiger partial charge in [-0.2, -0.15) is 5.10 Å². The molecule has 2 heterocycles. The Balaban J connectivity index is 1.64. The first-order valence-electron chi connectivity index (χ1n) is 6.92. The van der Waals surface area contributed by atoms with E-state index < -0.39 is 0 Å². The van der Waals surface area contributed by atoms with E-state index in [1.54, 1.807) is 10.9 Å². The average Bonchev–Trinajstić information content (AvgIpc) is 3.23. The number of aromatic nitrogens is 3. The van der Waals surface area contributed by atoms with Gasteiger partial charge in [-0.25, -0.2) is 9.67 Å². The second-order valence-electron chi connectivity index (χ2n) is 5.24. The highest BCUT2D eigenvalue weighted by molar-refractivity contribution is 5.80. The summed E-state index contributed by atoms with van der Waals surface area (Å²) in [5.41, 5.74) is 0.934. The number of pyridine rings is 1. The van der Waals surface area contributed by atoms with Crippen LogP contribution in [0, 0.1) is 5.92 Å². The lowest BCUT2D eigenvalue weighted by atomic mass is 10.2. The molecule has 100 valence electrons. The summed E-state index contributed by atoms with van der Waals surface area (Å²) in [4.78, 5) is 4.30. The van der Waals surface area contributed by atoms with Gasteiger partial charge in [-0.05, 0) is 43.0 Å². The number of benzene rings is 1. The summed E-state index contributed by atoms with van der Waals surface area (Å²) in [5, 5.41) is 5.65. The second-order valence-corrected chi connectivity index (χ2v) is 5.24. The maximum Gasteiger partial charge on any atom is 0.153 e. The van der Waals surface area contributed by atoms with Crippen LogP contribution in [0.3, 0.4) is 0 Å². The molecule has 4 heteroatoms. The minimum atomic E-state index is 0.761. The molecule has 0 spiro atoms. The van der Waals surface area contributed by atoms with Crippen LogP contribution in [-0.2, 0) is 0 Å². The van der Waals surface area contributed by atoms with Crippen molar-refractivity contribution in [2.24, 2.45) is 5.92 Å². The van der Waals surface area contributed by atoms with Gasteiger partial charge in [-0.15, -0.1) is 0 Å². The van der Waals surface area contributed by atoms with Gasteiger partial charge in [-0.3, -0.25) is 0 Å². The standard InChI is InChI=1S/C16H15N3O/c1-2-8-17-16(3-1)19-10-13-6-7-14(9-15(13)18-19)20-11-12-4-5-12/h1-3,6-10,12H,4-5,11H2. The Labute approximate surface area is 117 Å². The van der Waals surface area contributed by atoms with E-state index in [2.05, 4.69) is 10.1 Å². The molecule has 1 fully saturated rings. The molecule has 1 saturated carbocycles. The highest BCUT2D eigenvalue weighted by Gasteiger charge is 2.21. The van der Waals surface area contributed by atoms with E-state index in [9.17, 15) is 0 Å². The molecule has 2 aromatic heterocycles. The molecule has 0 unspecified atom stereocenters. The summed E-state index contributed by atoms with van der Waals surface area (Å²) in [6.45, 7) is 0.826. The van der Waals surface area contributed by atoms with Gasteiger partial charge in [0.25, 0.3) is 0 Å². The van der Waals surface area contributed by atoms with E-state index >= 15 is 0 Å². The molecule has 0 saturated heterocycles. The number of fused-ring (bicyclic) bond motifs is 1. The Morgan fingerprint density at radius 3 is 2.95 bits per heavy atom. The van der Waals surface area contributed by atoms with E-state index in [-0.39, 0.29) is 0 Å². The monoisotopic (exact) mass is 265 g/mol. The van der Waals surface area contributed by atoms with Gasteiger partial charge in [0.05, 0.1) is 12.1 Å². The molecule has 0 amide bonds. The quantitative estimate of drug-likeness (QED) is 0.727. The van der Waals surface area contributed by atoms with Crippen molar-refractivity contribution < 1.29 is 4.74 Å². The van der Waals surface area contributed by atoms with Crippen LogP contribution in [0.5, 0.6) is 5.75 Å². The van der Waals surface area contributed by atoms with E-state index in [0.29, 0.717) is 0 Å². The lowest BCUT2D eigenvalue weighted by Crippen LogP contribution is -1.98. The van der Waals surface area contributed by atoms with Crippen molar-refractivity contribution in [3.05, 3.63) is 48.8 Å². The Morgan fingerprint density at radius 2 is 2.15 bits per heavy atom. The van der Waals surface area contributed by atoms with Gasteiger partial charge in [0.2, 0.25) is 0 Å². The van der Waals surface area contributed by atoms with Gasteiger partial charge >= 0.3 is 0 Å². The summed E-state index contributed by atoms with van der Waals surface area (Å²) in [6, 6.07) is 11.8. The molecular formula is C16H15N3O. The van der Waals surface area contributed by atoms with E-state index in [1.807, 2.05) is 42.6 Å². The molecular weight excluding hydrogens is 250 g/mol. The molecule has 0 aliphatic heterocycles. The minimum Gasteiger partial charge on any atom is -0.493 e.